The summed E-state index contributed by atoms with van der Waals surface area (Å²) in [5.74, 6) is -0.529. The van der Waals surface area contributed by atoms with Crippen molar-refractivity contribution in [3.05, 3.63) is 24.0 Å². The van der Waals surface area contributed by atoms with Crippen molar-refractivity contribution in [3.8, 4) is 12.1 Å². The molecule has 0 spiro atoms. The highest BCUT2D eigenvalue weighted by Gasteiger charge is 2.07. The van der Waals surface area contributed by atoms with Crippen LogP contribution >= 0.6 is 0 Å². The van der Waals surface area contributed by atoms with Gasteiger partial charge >= 0.3 is 0 Å². The van der Waals surface area contributed by atoms with E-state index in [0.717, 1.165) is 5.69 Å². The third-order valence-electron chi connectivity index (χ3n) is 1.78. The Bertz CT molecular complexity index is 323. The van der Waals surface area contributed by atoms with Gasteiger partial charge < -0.3 is 4.57 Å². The molecule has 1 rings (SSSR count). The van der Waals surface area contributed by atoms with Gasteiger partial charge in [-0.3, -0.25) is 0 Å². The number of nitrogens with zero attached hydrogens (tertiary/aromatic N) is 3. The van der Waals surface area contributed by atoms with Crippen LogP contribution in [-0.4, -0.2) is 4.57 Å². The maximum absolute atomic E-state index is 8.53. The molecule has 0 N–H and O–H groups in total. The molecule has 1 aromatic rings. The number of hydrogen-bond donors (Lipinski definition) is 0. The summed E-state index contributed by atoms with van der Waals surface area (Å²) in [5, 5.41) is 17.1. The van der Waals surface area contributed by atoms with Crippen molar-refractivity contribution in [2.24, 2.45) is 13.0 Å². The van der Waals surface area contributed by atoms with E-state index in [1.807, 2.05) is 42.1 Å². The predicted molar refractivity (Wildman–Crippen MR) is 43.8 cm³/mol. The lowest BCUT2D eigenvalue weighted by Gasteiger charge is -2.01. The summed E-state index contributed by atoms with van der Waals surface area (Å²) in [6.45, 7) is 0. The summed E-state index contributed by atoms with van der Waals surface area (Å²) >= 11 is 0. The average molecular weight is 159 g/mol. The molecule has 0 atom stereocenters. The highest BCUT2D eigenvalue weighted by Crippen LogP contribution is 2.07. The first-order valence-electron chi connectivity index (χ1n) is 3.67. The number of rotatable bonds is 2. The van der Waals surface area contributed by atoms with Crippen LogP contribution in [0.5, 0.6) is 0 Å². The lowest BCUT2D eigenvalue weighted by Crippen LogP contribution is -2.02. The molecular formula is C9H9N3. The quantitative estimate of drug-likeness (QED) is 0.651. The van der Waals surface area contributed by atoms with Gasteiger partial charge in [0.25, 0.3) is 0 Å². The van der Waals surface area contributed by atoms with Gasteiger partial charge in [0, 0.05) is 25.4 Å². The fraction of sp³-hybridized carbons (Fsp3) is 0.333. The Morgan fingerprint density at radius 2 is 2.17 bits per heavy atom. The summed E-state index contributed by atoms with van der Waals surface area (Å²) in [7, 11) is 1.90. The summed E-state index contributed by atoms with van der Waals surface area (Å²) in [6, 6.07) is 7.71. The van der Waals surface area contributed by atoms with E-state index >= 15 is 0 Å². The van der Waals surface area contributed by atoms with Crippen LogP contribution in [0.2, 0.25) is 0 Å². The molecule has 0 unspecified atom stereocenters. The maximum atomic E-state index is 8.53. The van der Waals surface area contributed by atoms with E-state index in [1.54, 1.807) is 0 Å². The second-order valence-corrected chi connectivity index (χ2v) is 2.63. The van der Waals surface area contributed by atoms with Crippen LogP contribution < -0.4 is 0 Å². The van der Waals surface area contributed by atoms with Gasteiger partial charge in [-0.1, -0.05) is 0 Å². The molecule has 1 heterocycles. The van der Waals surface area contributed by atoms with Crippen LogP contribution in [0.3, 0.4) is 0 Å². The van der Waals surface area contributed by atoms with Crippen molar-refractivity contribution in [2.75, 3.05) is 0 Å². The third kappa shape index (κ3) is 1.65. The second kappa shape index (κ2) is 3.59. The molecule has 0 bridgehead atoms. The molecule has 0 saturated heterocycles. The molecule has 0 amide bonds. The van der Waals surface area contributed by atoms with Crippen molar-refractivity contribution < 1.29 is 0 Å². The Balaban J connectivity index is 2.72. The normalized spacial score (nSPS) is 9.33. The molecule has 0 radical (unpaired) electrons. The Kier molecular flexibility index (Phi) is 2.50. The van der Waals surface area contributed by atoms with Crippen molar-refractivity contribution in [1.82, 2.24) is 4.57 Å². The Hall–Kier alpha value is -1.74. The SMILES string of the molecule is Cn1cccc1CC(C#N)C#N. The monoisotopic (exact) mass is 159 g/mol. The molecule has 0 saturated carbocycles. The first-order chi connectivity index (χ1) is 5.77. The molecule has 0 aliphatic heterocycles. The third-order valence-corrected chi connectivity index (χ3v) is 1.78. The van der Waals surface area contributed by atoms with Crippen molar-refractivity contribution in [2.45, 2.75) is 6.42 Å². The van der Waals surface area contributed by atoms with E-state index in [-0.39, 0.29) is 0 Å². The summed E-state index contributed by atoms with van der Waals surface area (Å²) in [4.78, 5) is 0. The van der Waals surface area contributed by atoms with Gasteiger partial charge in [-0.25, -0.2) is 0 Å². The van der Waals surface area contributed by atoms with Gasteiger partial charge in [0.05, 0.1) is 12.1 Å². The van der Waals surface area contributed by atoms with Crippen LogP contribution in [0.15, 0.2) is 18.3 Å². The minimum Gasteiger partial charge on any atom is -0.354 e. The Morgan fingerprint density at radius 3 is 2.58 bits per heavy atom. The van der Waals surface area contributed by atoms with Gasteiger partial charge in [-0.15, -0.1) is 0 Å². The van der Waals surface area contributed by atoms with Crippen molar-refractivity contribution >= 4 is 0 Å². The zero-order valence-electron chi connectivity index (χ0n) is 6.86. The van der Waals surface area contributed by atoms with E-state index in [1.165, 1.54) is 0 Å². The van der Waals surface area contributed by atoms with Crippen molar-refractivity contribution in [1.29, 1.82) is 10.5 Å². The molecule has 3 nitrogen and oxygen atoms in total. The van der Waals surface area contributed by atoms with Crippen molar-refractivity contribution in [3.63, 3.8) is 0 Å². The molecule has 1 aromatic heterocycles. The zero-order valence-corrected chi connectivity index (χ0v) is 6.86. The van der Waals surface area contributed by atoms with Crippen LogP contribution in [-0.2, 0) is 13.5 Å². The largest absolute Gasteiger partial charge is 0.354 e. The summed E-state index contributed by atoms with van der Waals surface area (Å²) < 4.78 is 1.92. The Labute approximate surface area is 71.5 Å². The summed E-state index contributed by atoms with van der Waals surface area (Å²) in [6.07, 6.45) is 2.41. The highest BCUT2D eigenvalue weighted by atomic mass is 14.9. The minimum atomic E-state index is -0.529. The molecule has 0 aromatic carbocycles. The molecular weight excluding hydrogens is 150 g/mol. The number of aryl methyl sites for hydroxylation is 1. The first kappa shape index (κ1) is 8.36. The number of nitriles is 2. The molecule has 0 aliphatic carbocycles. The maximum Gasteiger partial charge on any atom is 0.138 e. The van der Waals surface area contributed by atoms with Crippen LogP contribution in [0.1, 0.15) is 5.69 Å². The Morgan fingerprint density at radius 1 is 1.50 bits per heavy atom. The zero-order chi connectivity index (χ0) is 8.97. The van der Waals surface area contributed by atoms with Crippen LogP contribution in [0.25, 0.3) is 0 Å². The van der Waals surface area contributed by atoms with Gasteiger partial charge in [-0.05, 0) is 12.1 Å². The second-order valence-electron chi connectivity index (χ2n) is 2.63. The van der Waals surface area contributed by atoms with Gasteiger partial charge in [0.1, 0.15) is 5.92 Å². The predicted octanol–water partition coefficient (Wildman–Crippen LogP) is 1.23. The fourth-order valence-corrected chi connectivity index (χ4v) is 1.04. The van der Waals surface area contributed by atoms with Crippen LogP contribution in [0.4, 0.5) is 0 Å². The number of aromatic nitrogens is 1. The highest BCUT2D eigenvalue weighted by molar-refractivity contribution is 5.13. The lowest BCUT2D eigenvalue weighted by molar-refractivity contribution is 0.746. The van der Waals surface area contributed by atoms with Gasteiger partial charge in [0.15, 0.2) is 0 Å². The molecule has 0 fully saturated rings. The lowest BCUT2D eigenvalue weighted by atomic mass is 10.1. The van der Waals surface area contributed by atoms with E-state index in [4.69, 9.17) is 10.5 Å². The molecule has 60 valence electrons. The van der Waals surface area contributed by atoms with Gasteiger partial charge in [-0.2, -0.15) is 10.5 Å². The first-order valence-corrected chi connectivity index (χ1v) is 3.67. The van der Waals surface area contributed by atoms with E-state index in [9.17, 15) is 0 Å². The average Bonchev–Trinajstić information content (AvgIpc) is 2.47. The molecule has 3 heteroatoms. The van der Waals surface area contributed by atoms with Crippen LogP contribution in [0, 0.1) is 28.6 Å². The topological polar surface area (TPSA) is 52.5 Å². The minimum absolute atomic E-state index is 0.510. The standard InChI is InChI=1S/C9H9N3/c1-12-4-2-3-9(12)5-8(6-10)7-11/h2-4,8H,5H2,1H3. The smallest absolute Gasteiger partial charge is 0.138 e. The van der Waals surface area contributed by atoms with E-state index < -0.39 is 5.92 Å². The van der Waals surface area contributed by atoms with E-state index in [2.05, 4.69) is 0 Å². The van der Waals surface area contributed by atoms with Gasteiger partial charge in [0.2, 0.25) is 0 Å². The fourth-order valence-electron chi connectivity index (χ4n) is 1.04. The van der Waals surface area contributed by atoms with E-state index in [0.29, 0.717) is 6.42 Å². The number of hydrogen-bond acceptors (Lipinski definition) is 2. The summed E-state index contributed by atoms with van der Waals surface area (Å²) in [5.41, 5.74) is 1.02. The molecule has 0 aliphatic rings. The molecule has 12 heavy (non-hydrogen) atoms.